The molecule has 0 spiro atoms. The summed E-state index contributed by atoms with van der Waals surface area (Å²) in [5.41, 5.74) is 0. The Hall–Kier alpha value is -0.610. The van der Waals surface area contributed by atoms with Gasteiger partial charge in [0.05, 0.1) is 12.2 Å². The number of aliphatic hydroxyl groups excluding tert-OH is 1. The summed E-state index contributed by atoms with van der Waals surface area (Å²) >= 11 is 0. The summed E-state index contributed by atoms with van der Waals surface area (Å²) in [6.07, 6.45) is 5.65. The molecule has 1 aliphatic carbocycles. The maximum absolute atomic E-state index is 12.3. The molecule has 0 radical (unpaired) electrons. The lowest BCUT2D eigenvalue weighted by Crippen LogP contribution is -2.40. The number of hydrogen-bond donors (Lipinski definition) is 1. The summed E-state index contributed by atoms with van der Waals surface area (Å²) in [4.78, 5) is 14.3. The van der Waals surface area contributed by atoms with Gasteiger partial charge in [-0.25, -0.2) is 0 Å². The summed E-state index contributed by atoms with van der Waals surface area (Å²) < 4.78 is 5.53. The number of rotatable bonds is 6. The molecule has 0 aromatic heterocycles. The molecule has 1 N–H and O–H groups in total. The van der Waals surface area contributed by atoms with Gasteiger partial charge in [0.2, 0.25) is 5.91 Å². The summed E-state index contributed by atoms with van der Waals surface area (Å²) in [6, 6.07) is 0.260. The Balaban J connectivity index is 1.74. The molecule has 0 aromatic carbocycles. The van der Waals surface area contributed by atoms with Crippen molar-refractivity contribution in [3.8, 4) is 0 Å². The minimum absolute atomic E-state index is 0.260. The molecule has 1 saturated heterocycles. The van der Waals surface area contributed by atoms with Crippen LogP contribution in [0.15, 0.2) is 0 Å². The van der Waals surface area contributed by atoms with Crippen LogP contribution in [-0.2, 0) is 9.53 Å². The molecule has 1 saturated carbocycles. The molecular formula is C15H27NO3. The molecular weight excluding hydrogens is 242 g/mol. The van der Waals surface area contributed by atoms with Crippen LogP contribution in [0.3, 0.4) is 0 Å². The van der Waals surface area contributed by atoms with Gasteiger partial charge in [0.15, 0.2) is 0 Å². The molecule has 2 unspecified atom stereocenters. The number of carbonyl (C=O) groups is 1. The van der Waals surface area contributed by atoms with E-state index in [0.717, 1.165) is 45.3 Å². The Morgan fingerprint density at radius 1 is 1.47 bits per heavy atom. The van der Waals surface area contributed by atoms with Crippen LogP contribution in [0.4, 0.5) is 0 Å². The zero-order valence-corrected chi connectivity index (χ0v) is 12.2. The molecule has 2 fully saturated rings. The Morgan fingerprint density at radius 3 is 2.84 bits per heavy atom. The van der Waals surface area contributed by atoms with Gasteiger partial charge in [0.25, 0.3) is 0 Å². The summed E-state index contributed by atoms with van der Waals surface area (Å²) in [5.74, 6) is 0.792. The van der Waals surface area contributed by atoms with E-state index in [0.29, 0.717) is 18.4 Å². The number of carbonyl (C=O) groups excluding carboxylic acids is 1. The summed E-state index contributed by atoms with van der Waals surface area (Å²) in [7, 11) is 0. The fourth-order valence-electron chi connectivity index (χ4n) is 3.38. The molecule has 1 aliphatic heterocycles. The first-order valence-corrected chi connectivity index (χ1v) is 7.69. The maximum Gasteiger partial charge on any atom is 0.223 e. The third-order valence-corrected chi connectivity index (χ3v) is 4.37. The van der Waals surface area contributed by atoms with Crippen molar-refractivity contribution in [2.24, 2.45) is 5.92 Å². The normalized spacial score (nSPS) is 32.2. The second-order valence-electron chi connectivity index (χ2n) is 6.09. The van der Waals surface area contributed by atoms with Gasteiger partial charge in [-0.15, -0.1) is 0 Å². The SMILES string of the molecule is CCOC1CC(CC(=O)N2CCCC2CC(C)O)C1. The molecule has 0 aromatic rings. The largest absolute Gasteiger partial charge is 0.393 e. The van der Waals surface area contributed by atoms with Gasteiger partial charge in [-0.2, -0.15) is 0 Å². The van der Waals surface area contributed by atoms with Crippen molar-refractivity contribution in [1.29, 1.82) is 0 Å². The second-order valence-corrected chi connectivity index (χ2v) is 6.09. The number of hydrogen-bond acceptors (Lipinski definition) is 3. The quantitative estimate of drug-likeness (QED) is 0.802. The highest BCUT2D eigenvalue weighted by Gasteiger charge is 2.35. The predicted molar refractivity (Wildman–Crippen MR) is 73.8 cm³/mol. The fraction of sp³-hybridized carbons (Fsp3) is 0.933. The predicted octanol–water partition coefficient (Wildman–Crippen LogP) is 1.95. The van der Waals surface area contributed by atoms with E-state index in [1.54, 1.807) is 6.92 Å². The monoisotopic (exact) mass is 269 g/mol. The van der Waals surface area contributed by atoms with Gasteiger partial charge < -0.3 is 14.7 Å². The zero-order valence-electron chi connectivity index (χ0n) is 12.2. The smallest absolute Gasteiger partial charge is 0.223 e. The van der Waals surface area contributed by atoms with Crippen molar-refractivity contribution < 1.29 is 14.6 Å². The fourth-order valence-corrected chi connectivity index (χ4v) is 3.38. The Labute approximate surface area is 116 Å². The van der Waals surface area contributed by atoms with Crippen molar-refractivity contribution in [1.82, 2.24) is 4.90 Å². The molecule has 4 nitrogen and oxygen atoms in total. The lowest BCUT2D eigenvalue weighted by atomic mass is 9.79. The maximum atomic E-state index is 12.3. The van der Waals surface area contributed by atoms with Crippen molar-refractivity contribution in [2.45, 2.75) is 70.6 Å². The third-order valence-electron chi connectivity index (χ3n) is 4.37. The van der Waals surface area contributed by atoms with E-state index < -0.39 is 0 Å². The molecule has 1 amide bonds. The van der Waals surface area contributed by atoms with E-state index >= 15 is 0 Å². The van der Waals surface area contributed by atoms with Gasteiger partial charge in [0.1, 0.15) is 0 Å². The van der Waals surface area contributed by atoms with Gasteiger partial charge in [-0.3, -0.25) is 4.79 Å². The average Bonchev–Trinajstić information content (AvgIpc) is 2.73. The van der Waals surface area contributed by atoms with Crippen LogP contribution in [0.2, 0.25) is 0 Å². The summed E-state index contributed by atoms with van der Waals surface area (Å²) in [5, 5.41) is 9.49. The molecule has 0 bridgehead atoms. The van der Waals surface area contributed by atoms with E-state index in [2.05, 4.69) is 0 Å². The number of ether oxygens (including phenoxy) is 1. The van der Waals surface area contributed by atoms with Crippen molar-refractivity contribution in [3.63, 3.8) is 0 Å². The van der Waals surface area contributed by atoms with Gasteiger partial charge in [-0.1, -0.05) is 0 Å². The van der Waals surface area contributed by atoms with E-state index in [1.165, 1.54) is 0 Å². The number of amides is 1. The van der Waals surface area contributed by atoms with E-state index in [9.17, 15) is 9.90 Å². The Bertz CT molecular complexity index is 300. The third kappa shape index (κ3) is 3.93. The molecule has 110 valence electrons. The van der Waals surface area contributed by atoms with Crippen LogP contribution in [0.1, 0.15) is 52.4 Å². The Kier molecular flexibility index (Phi) is 5.22. The molecule has 2 rings (SSSR count). The first-order valence-electron chi connectivity index (χ1n) is 7.69. The number of nitrogens with zero attached hydrogens (tertiary/aromatic N) is 1. The van der Waals surface area contributed by atoms with E-state index in [4.69, 9.17) is 4.74 Å². The van der Waals surface area contributed by atoms with E-state index in [-0.39, 0.29) is 18.1 Å². The van der Waals surface area contributed by atoms with Crippen molar-refractivity contribution in [2.75, 3.05) is 13.2 Å². The van der Waals surface area contributed by atoms with Gasteiger partial charge in [0, 0.05) is 25.6 Å². The highest BCUT2D eigenvalue weighted by molar-refractivity contribution is 5.77. The molecule has 4 heteroatoms. The molecule has 2 atom stereocenters. The van der Waals surface area contributed by atoms with Crippen molar-refractivity contribution >= 4 is 5.91 Å². The van der Waals surface area contributed by atoms with Crippen LogP contribution in [0.25, 0.3) is 0 Å². The van der Waals surface area contributed by atoms with Gasteiger partial charge in [-0.05, 0) is 51.9 Å². The zero-order chi connectivity index (χ0) is 13.8. The van der Waals surface area contributed by atoms with E-state index in [1.807, 2.05) is 11.8 Å². The second kappa shape index (κ2) is 6.71. The summed E-state index contributed by atoms with van der Waals surface area (Å²) in [6.45, 7) is 5.47. The molecule has 1 heterocycles. The number of aliphatic hydroxyl groups is 1. The van der Waals surface area contributed by atoms with Crippen LogP contribution in [0.5, 0.6) is 0 Å². The molecule has 19 heavy (non-hydrogen) atoms. The Morgan fingerprint density at radius 2 is 2.21 bits per heavy atom. The first-order chi connectivity index (χ1) is 9.10. The first kappa shape index (κ1) is 14.8. The topological polar surface area (TPSA) is 49.8 Å². The number of likely N-dealkylation sites (tertiary alicyclic amines) is 1. The molecule has 2 aliphatic rings. The van der Waals surface area contributed by atoms with Gasteiger partial charge >= 0.3 is 0 Å². The van der Waals surface area contributed by atoms with Crippen LogP contribution in [0, 0.1) is 5.92 Å². The minimum Gasteiger partial charge on any atom is -0.393 e. The van der Waals surface area contributed by atoms with Crippen LogP contribution in [-0.4, -0.2) is 47.3 Å². The lowest BCUT2D eigenvalue weighted by Gasteiger charge is -2.36. The van der Waals surface area contributed by atoms with Crippen LogP contribution < -0.4 is 0 Å². The average molecular weight is 269 g/mol. The highest BCUT2D eigenvalue weighted by atomic mass is 16.5. The van der Waals surface area contributed by atoms with Crippen molar-refractivity contribution in [3.05, 3.63) is 0 Å². The highest BCUT2D eigenvalue weighted by Crippen LogP contribution is 2.34. The minimum atomic E-state index is -0.315. The van der Waals surface area contributed by atoms with Crippen LogP contribution >= 0.6 is 0 Å². The lowest BCUT2D eigenvalue weighted by molar-refractivity contribution is -0.135. The standard InChI is InChI=1S/C15H27NO3/c1-3-19-14-8-12(9-14)10-15(18)16-6-4-5-13(16)7-11(2)17/h11-14,17H,3-10H2,1-2H3.